The number of rotatable bonds is 3. The Morgan fingerprint density at radius 3 is 2.75 bits per heavy atom. The molecule has 1 aromatic heterocycles. The van der Waals surface area contributed by atoms with E-state index in [1.165, 1.54) is 36.7 Å². The van der Waals surface area contributed by atoms with Gasteiger partial charge in [-0.3, -0.25) is 4.79 Å². The van der Waals surface area contributed by atoms with E-state index in [1.54, 1.807) is 23.5 Å². The molecule has 7 heteroatoms. The molecule has 0 saturated heterocycles. The summed E-state index contributed by atoms with van der Waals surface area (Å²) in [5, 5.41) is 2.05. The van der Waals surface area contributed by atoms with Gasteiger partial charge >= 0.3 is 0 Å². The van der Waals surface area contributed by atoms with Crippen molar-refractivity contribution in [2.45, 2.75) is 24.3 Å². The highest BCUT2D eigenvalue weighted by Crippen LogP contribution is 2.33. The third-order valence-electron chi connectivity index (χ3n) is 4.40. The largest absolute Gasteiger partial charge is 0.331 e. The topological polar surface area (TPSA) is 57.7 Å². The Morgan fingerprint density at radius 1 is 1.29 bits per heavy atom. The molecule has 128 valence electrons. The highest BCUT2D eigenvalue weighted by molar-refractivity contribution is 7.89. The summed E-state index contributed by atoms with van der Waals surface area (Å²) in [5.74, 6) is -0.129. The van der Waals surface area contributed by atoms with Crippen LogP contribution in [0, 0.1) is 0 Å². The summed E-state index contributed by atoms with van der Waals surface area (Å²) in [6.45, 7) is 2.67. The standard InChI is InChI=1S/C17H20N2O3S2/c1-12-15-8-10-23-16(15)7-9-19(12)17(20)13-5-4-6-14(11-13)24(21,22)18(2)3/h4-6,8,10-12H,7,9H2,1-3H3/t12-/m1/s1. The number of hydrogen-bond donors (Lipinski definition) is 0. The molecule has 0 radical (unpaired) electrons. The van der Waals surface area contributed by atoms with Crippen LogP contribution in [0.5, 0.6) is 0 Å². The number of nitrogens with zero attached hydrogens (tertiary/aromatic N) is 2. The van der Waals surface area contributed by atoms with Gasteiger partial charge in [0.2, 0.25) is 10.0 Å². The van der Waals surface area contributed by atoms with E-state index in [9.17, 15) is 13.2 Å². The van der Waals surface area contributed by atoms with Crippen LogP contribution in [-0.4, -0.2) is 44.2 Å². The number of sulfonamides is 1. The summed E-state index contributed by atoms with van der Waals surface area (Å²) in [7, 11) is -0.591. The lowest BCUT2D eigenvalue weighted by atomic mass is 10.0. The first kappa shape index (κ1) is 17.1. The van der Waals surface area contributed by atoms with E-state index < -0.39 is 10.0 Å². The molecule has 1 amide bonds. The smallest absolute Gasteiger partial charge is 0.254 e. The van der Waals surface area contributed by atoms with Crippen molar-refractivity contribution in [3.05, 3.63) is 51.7 Å². The monoisotopic (exact) mass is 364 g/mol. The van der Waals surface area contributed by atoms with Crippen LogP contribution in [0.15, 0.2) is 40.6 Å². The number of carbonyl (C=O) groups is 1. The molecule has 2 heterocycles. The molecule has 0 bridgehead atoms. The van der Waals surface area contributed by atoms with Crippen molar-refractivity contribution in [3.63, 3.8) is 0 Å². The van der Waals surface area contributed by atoms with Gasteiger partial charge in [0.1, 0.15) is 0 Å². The molecule has 24 heavy (non-hydrogen) atoms. The lowest BCUT2D eigenvalue weighted by molar-refractivity contribution is 0.0679. The van der Waals surface area contributed by atoms with Crippen LogP contribution in [0.3, 0.4) is 0 Å². The van der Waals surface area contributed by atoms with E-state index in [-0.39, 0.29) is 16.8 Å². The molecule has 0 unspecified atom stereocenters. The number of carbonyl (C=O) groups excluding carboxylic acids is 1. The van der Waals surface area contributed by atoms with Gasteiger partial charge in [0.15, 0.2) is 0 Å². The van der Waals surface area contributed by atoms with Crippen molar-refractivity contribution in [2.24, 2.45) is 0 Å². The summed E-state index contributed by atoms with van der Waals surface area (Å²) < 4.78 is 25.7. The van der Waals surface area contributed by atoms with E-state index in [0.717, 1.165) is 10.7 Å². The van der Waals surface area contributed by atoms with E-state index in [2.05, 4.69) is 11.4 Å². The summed E-state index contributed by atoms with van der Waals surface area (Å²) >= 11 is 1.72. The van der Waals surface area contributed by atoms with E-state index in [4.69, 9.17) is 0 Å². The van der Waals surface area contributed by atoms with Gasteiger partial charge < -0.3 is 4.90 Å². The fourth-order valence-electron chi connectivity index (χ4n) is 2.95. The Morgan fingerprint density at radius 2 is 2.04 bits per heavy atom. The molecule has 0 N–H and O–H groups in total. The number of benzene rings is 1. The van der Waals surface area contributed by atoms with Crippen LogP contribution in [0.2, 0.25) is 0 Å². The highest BCUT2D eigenvalue weighted by atomic mass is 32.2. The zero-order valence-electron chi connectivity index (χ0n) is 13.9. The van der Waals surface area contributed by atoms with Crippen molar-refractivity contribution >= 4 is 27.3 Å². The first-order valence-corrected chi connectivity index (χ1v) is 10.0. The fourth-order valence-corrected chi connectivity index (χ4v) is 4.86. The molecule has 0 fully saturated rings. The van der Waals surface area contributed by atoms with Crippen molar-refractivity contribution in [1.29, 1.82) is 0 Å². The predicted octanol–water partition coefficient (Wildman–Crippen LogP) is 2.76. The van der Waals surface area contributed by atoms with E-state index >= 15 is 0 Å². The number of thiophene rings is 1. The fraction of sp³-hybridized carbons (Fsp3) is 0.353. The Balaban J connectivity index is 1.92. The molecular formula is C17H20N2O3S2. The first-order chi connectivity index (χ1) is 11.3. The van der Waals surface area contributed by atoms with Crippen molar-refractivity contribution < 1.29 is 13.2 Å². The molecule has 0 saturated carbocycles. The minimum absolute atomic E-state index is 0.00149. The normalized spacial score (nSPS) is 17.8. The SMILES string of the molecule is C[C@@H]1c2ccsc2CCN1C(=O)c1cccc(S(=O)(=O)N(C)C)c1. The van der Waals surface area contributed by atoms with Gasteiger partial charge in [-0.1, -0.05) is 6.07 Å². The second-order valence-electron chi connectivity index (χ2n) is 6.04. The molecule has 0 spiro atoms. The summed E-state index contributed by atoms with van der Waals surface area (Å²) in [6, 6.07) is 8.34. The van der Waals surface area contributed by atoms with Gasteiger partial charge in [0.05, 0.1) is 10.9 Å². The Kier molecular flexibility index (Phi) is 4.50. The van der Waals surface area contributed by atoms with Crippen LogP contribution in [0.4, 0.5) is 0 Å². The van der Waals surface area contributed by atoms with E-state index in [0.29, 0.717) is 12.1 Å². The third-order valence-corrected chi connectivity index (χ3v) is 7.21. The predicted molar refractivity (Wildman–Crippen MR) is 94.8 cm³/mol. The summed E-state index contributed by atoms with van der Waals surface area (Å²) in [5.41, 5.74) is 1.60. The van der Waals surface area contributed by atoms with Crippen LogP contribution in [-0.2, 0) is 16.4 Å². The maximum Gasteiger partial charge on any atom is 0.254 e. The van der Waals surface area contributed by atoms with E-state index in [1.807, 2.05) is 11.8 Å². The minimum Gasteiger partial charge on any atom is -0.331 e. The molecule has 2 aromatic rings. The second kappa shape index (κ2) is 6.31. The summed E-state index contributed by atoms with van der Waals surface area (Å²) in [4.78, 5) is 16.2. The van der Waals surface area contributed by atoms with Gasteiger partial charge in [-0.05, 0) is 48.6 Å². The van der Waals surface area contributed by atoms with Crippen LogP contribution >= 0.6 is 11.3 Å². The lowest BCUT2D eigenvalue weighted by Gasteiger charge is -2.33. The minimum atomic E-state index is -3.55. The molecule has 0 aliphatic carbocycles. The van der Waals surface area contributed by atoms with Gasteiger partial charge in [-0.25, -0.2) is 12.7 Å². The molecule has 1 aliphatic rings. The number of amides is 1. The van der Waals surface area contributed by atoms with Gasteiger partial charge in [0, 0.05) is 31.1 Å². The first-order valence-electron chi connectivity index (χ1n) is 7.72. The second-order valence-corrected chi connectivity index (χ2v) is 9.19. The quantitative estimate of drug-likeness (QED) is 0.841. The lowest BCUT2D eigenvalue weighted by Crippen LogP contribution is -2.38. The van der Waals surface area contributed by atoms with Gasteiger partial charge in [-0.2, -0.15) is 0 Å². The molecule has 1 aromatic carbocycles. The summed E-state index contributed by atoms with van der Waals surface area (Å²) in [6.07, 6.45) is 0.846. The average Bonchev–Trinajstić information content (AvgIpc) is 3.04. The zero-order chi connectivity index (χ0) is 17.5. The zero-order valence-corrected chi connectivity index (χ0v) is 15.5. The number of hydrogen-bond acceptors (Lipinski definition) is 4. The number of fused-ring (bicyclic) bond motifs is 1. The maximum atomic E-state index is 12.9. The molecule has 1 atom stereocenters. The van der Waals surface area contributed by atoms with Crippen LogP contribution < -0.4 is 0 Å². The molecule has 3 rings (SSSR count). The third kappa shape index (κ3) is 2.87. The average molecular weight is 364 g/mol. The van der Waals surface area contributed by atoms with Gasteiger partial charge in [-0.15, -0.1) is 11.3 Å². The highest BCUT2D eigenvalue weighted by Gasteiger charge is 2.29. The molecular weight excluding hydrogens is 344 g/mol. The Bertz CT molecular complexity index is 871. The molecule has 5 nitrogen and oxygen atoms in total. The maximum absolute atomic E-state index is 12.9. The van der Waals surface area contributed by atoms with Crippen LogP contribution in [0.25, 0.3) is 0 Å². The van der Waals surface area contributed by atoms with Gasteiger partial charge in [0.25, 0.3) is 5.91 Å². The Labute approximate surface area is 146 Å². The Hall–Kier alpha value is -1.70. The van der Waals surface area contributed by atoms with Crippen LogP contribution in [0.1, 0.15) is 33.8 Å². The van der Waals surface area contributed by atoms with Crippen molar-refractivity contribution in [1.82, 2.24) is 9.21 Å². The van der Waals surface area contributed by atoms with Crippen molar-refractivity contribution in [2.75, 3.05) is 20.6 Å². The molecule has 1 aliphatic heterocycles. The van der Waals surface area contributed by atoms with Crippen molar-refractivity contribution in [3.8, 4) is 0 Å².